The lowest BCUT2D eigenvalue weighted by molar-refractivity contribution is -0.114. The van der Waals surface area contributed by atoms with Gasteiger partial charge in [0.25, 0.3) is 10.0 Å². The van der Waals surface area contributed by atoms with Crippen molar-refractivity contribution >= 4 is 73.7 Å². The first-order valence-corrected chi connectivity index (χ1v) is 11.4. The highest BCUT2D eigenvalue weighted by Gasteiger charge is 2.28. The molecule has 0 aliphatic heterocycles. The summed E-state index contributed by atoms with van der Waals surface area (Å²) in [5.41, 5.74) is 0.402. The van der Waals surface area contributed by atoms with E-state index in [9.17, 15) is 13.2 Å². The third kappa shape index (κ3) is 5.39. The molecule has 1 N–H and O–H groups in total. The normalized spacial score (nSPS) is 11.2. The summed E-state index contributed by atoms with van der Waals surface area (Å²) in [6.07, 6.45) is 0. The van der Waals surface area contributed by atoms with Crippen LogP contribution in [0.4, 0.5) is 11.4 Å². The Hall–Kier alpha value is -1.96. The monoisotopic (exact) mass is 502 g/mol. The summed E-state index contributed by atoms with van der Waals surface area (Å²) in [7, 11) is -4.10. The van der Waals surface area contributed by atoms with Gasteiger partial charge in [-0.05, 0) is 48.5 Å². The van der Waals surface area contributed by atoms with Crippen LogP contribution in [0.15, 0.2) is 71.6 Å². The molecule has 0 radical (unpaired) electrons. The van der Waals surface area contributed by atoms with Crippen LogP contribution in [0.3, 0.4) is 0 Å². The molecule has 30 heavy (non-hydrogen) atoms. The summed E-state index contributed by atoms with van der Waals surface area (Å²) in [6.45, 7) is -0.545. The van der Waals surface area contributed by atoms with Crippen LogP contribution in [0.25, 0.3) is 0 Å². The largest absolute Gasteiger partial charge is 0.323 e. The molecule has 0 aliphatic rings. The van der Waals surface area contributed by atoms with Gasteiger partial charge in [0.1, 0.15) is 6.54 Å². The Morgan fingerprint density at radius 3 is 2.10 bits per heavy atom. The average Bonchev–Trinajstić information content (AvgIpc) is 2.68. The summed E-state index contributed by atoms with van der Waals surface area (Å²) in [5.74, 6) is -0.630. The van der Waals surface area contributed by atoms with Gasteiger partial charge in [0.15, 0.2) is 0 Å². The van der Waals surface area contributed by atoms with Crippen LogP contribution in [-0.4, -0.2) is 20.9 Å². The van der Waals surface area contributed by atoms with Gasteiger partial charge in [-0.2, -0.15) is 0 Å². The lowest BCUT2D eigenvalue weighted by Crippen LogP contribution is -2.38. The predicted molar refractivity (Wildman–Crippen MR) is 123 cm³/mol. The topological polar surface area (TPSA) is 66.5 Å². The van der Waals surface area contributed by atoms with E-state index in [4.69, 9.17) is 46.4 Å². The van der Waals surface area contributed by atoms with Crippen molar-refractivity contribution in [3.05, 3.63) is 86.8 Å². The van der Waals surface area contributed by atoms with E-state index in [1.165, 1.54) is 42.5 Å². The number of carbonyl (C=O) groups is 1. The van der Waals surface area contributed by atoms with Gasteiger partial charge < -0.3 is 5.32 Å². The number of rotatable bonds is 6. The fourth-order valence-corrected chi connectivity index (χ4v) is 4.91. The van der Waals surface area contributed by atoms with E-state index in [1.54, 1.807) is 24.3 Å². The van der Waals surface area contributed by atoms with Crippen LogP contribution >= 0.6 is 46.4 Å². The molecule has 0 unspecified atom stereocenters. The number of sulfonamides is 1. The Balaban J connectivity index is 1.99. The maximum atomic E-state index is 13.3. The van der Waals surface area contributed by atoms with Gasteiger partial charge in [0.2, 0.25) is 5.91 Å². The molecule has 5 nitrogen and oxygen atoms in total. The molecule has 10 heteroatoms. The zero-order chi connectivity index (χ0) is 21.9. The molecule has 3 aromatic rings. The number of nitrogens with zero attached hydrogens (tertiary/aromatic N) is 1. The maximum absolute atomic E-state index is 13.3. The number of halogens is 4. The minimum atomic E-state index is -4.10. The van der Waals surface area contributed by atoms with Crippen LogP contribution in [0.5, 0.6) is 0 Å². The first-order valence-electron chi connectivity index (χ1n) is 8.45. The quantitative estimate of drug-likeness (QED) is 0.439. The van der Waals surface area contributed by atoms with Gasteiger partial charge in [0, 0.05) is 15.1 Å². The SMILES string of the molecule is O=C(CN(c1cc(Cl)cc(Cl)c1)S(=O)(=O)c1ccccc1)Nc1cc(Cl)ccc1Cl. The highest BCUT2D eigenvalue weighted by molar-refractivity contribution is 7.92. The van der Waals surface area contributed by atoms with Crippen LogP contribution in [0.1, 0.15) is 0 Å². The Kier molecular flexibility index (Phi) is 7.16. The predicted octanol–water partition coefficient (Wildman–Crippen LogP) is 6.13. The summed E-state index contributed by atoms with van der Waals surface area (Å²) < 4.78 is 27.5. The second kappa shape index (κ2) is 9.45. The van der Waals surface area contributed by atoms with Gasteiger partial charge in [-0.15, -0.1) is 0 Å². The maximum Gasteiger partial charge on any atom is 0.264 e. The Morgan fingerprint density at radius 1 is 0.833 bits per heavy atom. The van der Waals surface area contributed by atoms with Gasteiger partial charge in [-0.25, -0.2) is 8.42 Å². The number of anilines is 2. The van der Waals surface area contributed by atoms with E-state index in [0.29, 0.717) is 5.02 Å². The molecular formula is C20H14Cl4N2O3S. The van der Waals surface area contributed by atoms with Crippen LogP contribution in [0, 0.1) is 0 Å². The highest BCUT2D eigenvalue weighted by Crippen LogP contribution is 2.30. The molecule has 3 aromatic carbocycles. The number of hydrogen-bond acceptors (Lipinski definition) is 3. The van der Waals surface area contributed by atoms with Crippen molar-refractivity contribution in [2.45, 2.75) is 4.90 Å². The van der Waals surface area contributed by atoms with E-state index in [2.05, 4.69) is 5.32 Å². The molecule has 1 amide bonds. The number of carbonyl (C=O) groups excluding carboxylic acids is 1. The zero-order valence-corrected chi connectivity index (χ0v) is 19.0. The van der Waals surface area contributed by atoms with Crippen molar-refractivity contribution in [2.24, 2.45) is 0 Å². The third-order valence-electron chi connectivity index (χ3n) is 3.96. The summed E-state index contributed by atoms with van der Waals surface area (Å²) >= 11 is 24.1. The molecule has 0 heterocycles. The van der Waals surface area contributed by atoms with E-state index >= 15 is 0 Å². The molecule has 0 spiro atoms. The van der Waals surface area contributed by atoms with Crippen molar-refractivity contribution in [1.29, 1.82) is 0 Å². The van der Waals surface area contributed by atoms with Crippen LogP contribution < -0.4 is 9.62 Å². The molecule has 0 aliphatic carbocycles. The molecule has 3 rings (SSSR count). The number of hydrogen-bond donors (Lipinski definition) is 1. The second-order valence-corrected chi connectivity index (χ2v) is 9.70. The fraction of sp³-hybridized carbons (Fsp3) is 0.0500. The van der Waals surface area contributed by atoms with Crippen molar-refractivity contribution in [2.75, 3.05) is 16.2 Å². The van der Waals surface area contributed by atoms with E-state index in [1.807, 2.05) is 0 Å². The third-order valence-corrected chi connectivity index (χ3v) is 6.75. The van der Waals surface area contributed by atoms with E-state index < -0.39 is 22.5 Å². The smallest absolute Gasteiger partial charge is 0.264 e. The van der Waals surface area contributed by atoms with Crippen molar-refractivity contribution < 1.29 is 13.2 Å². The van der Waals surface area contributed by atoms with Gasteiger partial charge in [-0.1, -0.05) is 64.6 Å². The Bertz CT molecular complexity index is 1170. The lowest BCUT2D eigenvalue weighted by atomic mass is 10.3. The molecule has 0 saturated carbocycles. The minimum absolute atomic E-state index is 0.00897. The molecule has 156 valence electrons. The summed E-state index contributed by atoms with van der Waals surface area (Å²) in [6, 6.07) is 16.6. The molecule has 0 bridgehead atoms. The standard InChI is InChI=1S/C20H14Cl4N2O3S/c21-13-6-7-18(24)19(11-13)25-20(27)12-26(16-9-14(22)8-15(23)10-16)30(28,29)17-4-2-1-3-5-17/h1-11H,12H2,(H,25,27). The number of benzene rings is 3. The molecule has 0 saturated heterocycles. The van der Waals surface area contributed by atoms with E-state index in [0.717, 1.165) is 4.31 Å². The van der Waals surface area contributed by atoms with Gasteiger partial charge in [0.05, 0.1) is 21.3 Å². The molecule has 0 fully saturated rings. The van der Waals surface area contributed by atoms with Crippen molar-refractivity contribution in [1.82, 2.24) is 0 Å². The molecular weight excluding hydrogens is 490 g/mol. The first-order chi connectivity index (χ1) is 14.2. The molecule has 0 aromatic heterocycles. The highest BCUT2D eigenvalue weighted by atomic mass is 35.5. The number of amides is 1. The molecule has 0 atom stereocenters. The van der Waals surface area contributed by atoms with Gasteiger partial charge in [-0.3, -0.25) is 9.10 Å². The van der Waals surface area contributed by atoms with Crippen LogP contribution in [0.2, 0.25) is 20.1 Å². The Morgan fingerprint density at radius 2 is 1.47 bits per heavy atom. The first kappa shape index (κ1) is 22.7. The van der Waals surface area contributed by atoms with Crippen LogP contribution in [-0.2, 0) is 14.8 Å². The average molecular weight is 504 g/mol. The van der Waals surface area contributed by atoms with Crippen molar-refractivity contribution in [3.8, 4) is 0 Å². The van der Waals surface area contributed by atoms with Gasteiger partial charge >= 0.3 is 0 Å². The lowest BCUT2D eigenvalue weighted by Gasteiger charge is -2.24. The summed E-state index contributed by atoms with van der Waals surface area (Å²) in [5, 5.41) is 3.65. The second-order valence-electron chi connectivity index (χ2n) is 6.12. The van der Waals surface area contributed by atoms with E-state index in [-0.39, 0.29) is 31.3 Å². The fourth-order valence-electron chi connectivity index (χ4n) is 2.63. The summed E-state index contributed by atoms with van der Waals surface area (Å²) in [4.78, 5) is 12.7. The minimum Gasteiger partial charge on any atom is -0.323 e. The Labute approximate surface area is 194 Å². The van der Waals surface area contributed by atoms with Crippen molar-refractivity contribution in [3.63, 3.8) is 0 Å². The zero-order valence-electron chi connectivity index (χ0n) is 15.2. The number of nitrogens with one attached hydrogen (secondary N) is 1.